The molecule has 33 heavy (non-hydrogen) atoms. The number of anilines is 1. The summed E-state index contributed by atoms with van der Waals surface area (Å²) in [5.74, 6) is -0.268. The fourth-order valence-electron chi connectivity index (χ4n) is 3.19. The molecule has 0 aliphatic heterocycles. The molecular weight excluding hydrogens is 437 g/mol. The van der Waals surface area contributed by atoms with E-state index >= 15 is 0 Å². The van der Waals surface area contributed by atoms with Crippen LogP contribution in [0.1, 0.15) is 27.6 Å². The third-order valence-electron chi connectivity index (χ3n) is 4.80. The van der Waals surface area contributed by atoms with E-state index in [9.17, 15) is 22.8 Å². The molecule has 0 saturated carbocycles. The summed E-state index contributed by atoms with van der Waals surface area (Å²) in [7, 11) is 0. The lowest BCUT2D eigenvalue weighted by atomic mass is 10.1. The Balaban J connectivity index is 1.62. The number of carbonyl (C=O) groups is 1. The molecular formula is C23H17F3N4O3. The van der Waals surface area contributed by atoms with Gasteiger partial charge in [-0.25, -0.2) is 9.67 Å². The number of nitrogens with zero attached hydrogens (tertiary/aromatic N) is 3. The van der Waals surface area contributed by atoms with Crippen molar-refractivity contribution >= 4 is 11.6 Å². The van der Waals surface area contributed by atoms with E-state index in [4.69, 9.17) is 4.42 Å². The van der Waals surface area contributed by atoms with Gasteiger partial charge in [-0.1, -0.05) is 18.2 Å². The zero-order valence-corrected chi connectivity index (χ0v) is 17.5. The van der Waals surface area contributed by atoms with Gasteiger partial charge >= 0.3 is 6.18 Å². The number of carbonyl (C=O) groups excluding carboxylic acids is 1. The normalized spacial score (nSPS) is 11.4. The average molecular weight is 454 g/mol. The minimum absolute atomic E-state index is 0.0728. The molecule has 4 aromatic rings. The van der Waals surface area contributed by atoms with E-state index in [0.717, 1.165) is 28.4 Å². The Hall–Kier alpha value is -4.21. The fraction of sp³-hybridized carbons (Fsp3) is 0.130. The van der Waals surface area contributed by atoms with Crippen molar-refractivity contribution in [3.8, 4) is 16.9 Å². The van der Waals surface area contributed by atoms with Crippen molar-refractivity contribution in [1.82, 2.24) is 14.8 Å². The highest BCUT2D eigenvalue weighted by atomic mass is 19.4. The van der Waals surface area contributed by atoms with E-state index in [1.54, 1.807) is 31.2 Å². The summed E-state index contributed by atoms with van der Waals surface area (Å²) < 4.78 is 45.6. The summed E-state index contributed by atoms with van der Waals surface area (Å²) in [6.45, 7) is 3.24. The molecule has 0 saturated heterocycles. The minimum atomic E-state index is -4.54. The van der Waals surface area contributed by atoms with Crippen molar-refractivity contribution in [3.05, 3.63) is 93.9 Å². The van der Waals surface area contributed by atoms with Gasteiger partial charge in [0.2, 0.25) is 5.43 Å². The molecule has 7 nitrogen and oxygen atoms in total. The maximum Gasteiger partial charge on any atom is 0.416 e. The Morgan fingerprint density at radius 3 is 2.42 bits per heavy atom. The summed E-state index contributed by atoms with van der Waals surface area (Å²) in [5, 5.41) is 6.61. The van der Waals surface area contributed by atoms with E-state index in [1.807, 2.05) is 0 Å². The zero-order chi connectivity index (χ0) is 23.8. The molecule has 0 radical (unpaired) electrons. The molecule has 0 spiro atoms. The van der Waals surface area contributed by atoms with Crippen molar-refractivity contribution < 1.29 is 22.4 Å². The summed E-state index contributed by atoms with van der Waals surface area (Å²) in [6.07, 6.45) is -3.03. The third kappa shape index (κ3) is 4.69. The van der Waals surface area contributed by atoms with E-state index in [1.165, 1.54) is 25.3 Å². The number of halogens is 3. The second kappa shape index (κ2) is 8.38. The van der Waals surface area contributed by atoms with Crippen LogP contribution in [-0.2, 0) is 6.18 Å². The number of hydrogen-bond donors (Lipinski definition) is 1. The first-order valence-corrected chi connectivity index (χ1v) is 9.74. The molecule has 0 unspecified atom stereocenters. The lowest BCUT2D eigenvalue weighted by Crippen LogP contribution is -2.27. The molecule has 2 heterocycles. The number of amides is 1. The number of aromatic nitrogens is 3. The van der Waals surface area contributed by atoms with E-state index in [0.29, 0.717) is 17.3 Å². The van der Waals surface area contributed by atoms with Gasteiger partial charge in [0.1, 0.15) is 12.0 Å². The molecule has 2 aromatic carbocycles. The number of hydrogen-bond acceptors (Lipinski definition) is 5. The Kier molecular flexibility index (Phi) is 5.59. The van der Waals surface area contributed by atoms with Crippen LogP contribution in [0.2, 0.25) is 0 Å². The van der Waals surface area contributed by atoms with Crippen LogP contribution in [0.25, 0.3) is 16.9 Å². The van der Waals surface area contributed by atoms with Crippen LogP contribution in [0.5, 0.6) is 0 Å². The highest BCUT2D eigenvalue weighted by molar-refractivity contribution is 6.02. The standard InChI is InChI=1S/C23H17F3N4O3/c1-13-10-20(31)21(29-30(13)18-5-3-4-16(11-18)23(24,25)26)22(32)28-17-8-6-15(7-9-17)19-12-33-14(2)27-19/h3-12H,1-2H3,(H,28,32). The molecule has 168 valence electrons. The first-order chi connectivity index (χ1) is 15.6. The topological polar surface area (TPSA) is 90.0 Å². The van der Waals surface area contributed by atoms with Crippen LogP contribution in [0.4, 0.5) is 18.9 Å². The Morgan fingerprint density at radius 2 is 1.79 bits per heavy atom. The Bertz CT molecular complexity index is 1390. The largest absolute Gasteiger partial charge is 0.449 e. The molecule has 0 atom stereocenters. The smallest absolute Gasteiger partial charge is 0.416 e. The second-order valence-corrected chi connectivity index (χ2v) is 7.24. The molecule has 0 aliphatic carbocycles. The number of aryl methyl sites for hydroxylation is 2. The van der Waals surface area contributed by atoms with Crippen LogP contribution >= 0.6 is 0 Å². The second-order valence-electron chi connectivity index (χ2n) is 7.24. The Morgan fingerprint density at radius 1 is 1.06 bits per heavy atom. The van der Waals surface area contributed by atoms with E-state index in [2.05, 4.69) is 15.4 Å². The molecule has 10 heteroatoms. The van der Waals surface area contributed by atoms with Gasteiger partial charge < -0.3 is 9.73 Å². The lowest BCUT2D eigenvalue weighted by molar-refractivity contribution is -0.137. The van der Waals surface area contributed by atoms with Gasteiger partial charge in [-0.3, -0.25) is 9.59 Å². The molecule has 1 amide bonds. The first kappa shape index (κ1) is 22.0. The number of alkyl halides is 3. The van der Waals surface area contributed by atoms with Crippen LogP contribution < -0.4 is 10.7 Å². The average Bonchev–Trinajstić information content (AvgIpc) is 3.20. The fourth-order valence-corrected chi connectivity index (χ4v) is 3.19. The van der Waals surface area contributed by atoms with Crippen LogP contribution in [0.3, 0.4) is 0 Å². The predicted molar refractivity (Wildman–Crippen MR) is 114 cm³/mol. The summed E-state index contributed by atoms with van der Waals surface area (Å²) in [5.41, 5.74) is 0.188. The number of rotatable bonds is 4. The summed E-state index contributed by atoms with van der Waals surface area (Å²) in [4.78, 5) is 29.3. The van der Waals surface area contributed by atoms with Crippen molar-refractivity contribution in [2.45, 2.75) is 20.0 Å². The molecule has 2 aromatic heterocycles. The summed E-state index contributed by atoms with van der Waals surface area (Å²) in [6, 6.07) is 12.3. The van der Waals surface area contributed by atoms with Gasteiger partial charge in [-0.15, -0.1) is 0 Å². The van der Waals surface area contributed by atoms with E-state index < -0.39 is 28.8 Å². The molecule has 0 bridgehead atoms. The molecule has 1 N–H and O–H groups in total. The van der Waals surface area contributed by atoms with Gasteiger partial charge in [-0.05, 0) is 37.3 Å². The van der Waals surface area contributed by atoms with Crippen LogP contribution in [0.15, 0.2) is 70.1 Å². The minimum Gasteiger partial charge on any atom is -0.449 e. The monoisotopic (exact) mass is 454 g/mol. The quantitative estimate of drug-likeness (QED) is 0.480. The lowest BCUT2D eigenvalue weighted by Gasteiger charge is -2.13. The summed E-state index contributed by atoms with van der Waals surface area (Å²) >= 11 is 0. The van der Waals surface area contributed by atoms with Crippen LogP contribution in [0, 0.1) is 13.8 Å². The first-order valence-electron chi connectivity index (χ1n) is 9.74. The van der Waals surface area contributed by atoms with Gasteiger partial charge in [0.15, 0.2) is 11.6 Å². The van der Waals surface area contributed by atoms with Crippen LogP contribution in [-0.4, -0.2) is 20.7 Å². The van der Waals surface area contributed by atoms with E-state index in [-0.39, 0.29) is 11.4 Å². The maximum atomic E-state index is 13.1. The molecule has 0 aliphatic rings. The van der Waals surface area contributed by atoms with Crippen molar-refractivity contribution in [2.24, 2.45) is 0 Å². The van der Waals surface area contributed by atoms with Crippen molar-refractivity contribution in [3.63, 3.8) is 0 Å². The number of oxazole rings is 1. The SMILES string of the molecule is Cc1nc(-c2ccc(NC(=O)c3nn(-c4cccc(C(F)(F)F)c4)c(C)cc3=O)cc2)co1. The number of nitrogens with one attached hydrogen (secondary N) is 1. The number of benzene rings is 2. The zero-order valence-electron chi connectivity index (χ0n) is 17.5. The highest BCUT2D eigenvalue weighted by Crippen LogP contribution is 2.30. The van der Waals surface area contributed by atoms with Gasteiger partial charge in [-0.2, -0.15) is 18.3 Å². The van der Waals surface area contributed by atoms with Gasteiger partial charge in [0, 0.05) is 29.9 Å². The predicted octanol–water partition coefficient (Wildman–Crippen LogP) is 4.78. The highest BCUT2D eigenvalue weighted by Gasteiger charge is 2.30. The maximum absolute atomic E-state index is 13.1. The van der Waals surface area contributed by atoms with Gasteiger partial charge in [0.05, 0.1) is 11.3 Å². The van der Waals surface area contributed by atoms with Crippen molar-refractivity contribution in [2.75, 3.05) is 5.32 Å². The third-order valence-corrected chi connectivity index (χ3v) is 4.80. The van der Waals surface area contributed by atoms with Gasteiger partial charge in [0.25, 0.3) is 5.91 Å². The Labute approximate surface area is 185 Å². The molecule has 4 rings (SSSR count). The molecule has 0 fully saturated rings. The van der Waals surface area contributed by atoms with Crippen molar-refractivity contribution in [1.29, 1.82) is 0 Å².